The molecule has 160 valence electrons. The summed E-state index contributed by atoms with van der Waals surface area (Å²) in [5.74, 6) is 0.237. The van der Waals surface area contributed by atoms with Crippen molar-refractivity contribution in [2.45, 2.75) is 43.0 Å². The highest BCUT2D eigenvalue weighted by molar-refractivity contribution is 7.89. The van der Waals surface area contributed by atoms with Crippen LogP contribution in [0.15, 0.2) is 17.2 Å². The van der Waals surface area contributed by atoms with Gasteiger partial charge in [-0.2, -0.15) is 4.31 Å². The van der Waals surface area contributed by atoms with Gasteiger partial charge in [-0.25, -0.2) is 13.4 Å². The molecule has 0 amide bonds. The molecular weight excluding hydrogens is 414 g/mol. The second kappa shape index (κ2) is 7.05. The van der Waals surface area contributed by atoms with Crippen LogP contribution in [-0.2, 0) is 14.8 Å². The van der Waals surface area contributed by atoms with E-state index in [9.17, 15) is 8.42 Å². The van der Waals surface area contributed by atoms with Crippen LogP contribution in [0.3, 0.4) is 0 Å². The van der Waals surface area contributed by atoms with Crippen molar-refractivity contribution in [2.75, 3.05) is 46.5 Å². The van der Waals surface area contributed by atoms with Crippen LogP contribution >= 0.6 is 11.6 Å². The lowest BCUT2D eigenvalue weighted by Gasteiger charge is -2.57. The van der Waals surface area contributed by atoms with E-state index in [0.29, 0.717) is 30.0 Å². The van der Waals surface area contributed by atoms with Crippen molar-refractivity contribution in [3.63, 3.8) is 0 Å². The number of nitrogens with zero attached hydrogens (tertiary/aromatic N) is 3. The minimum Gasteiger partial charge on any atom is -0.480 e. The molecule has 4 aliphatic rings. The number of pyridine rings is 1. The lowest BCUT2D eigenvalue weighted by atomic mass is 9.75. The molecule has 7 nitrogen and oxygen atoms in total. The van der Waals surface area contributed by atoms with Crippen LogP contribution in [-0.4, -0.2) is 75.2 Å². The monoisotopic (exact) mass is 441 g/mol. The summed E-state index contributed by atoms with van der Waals surface area (Å²) in [5.41, 5.74) is 0.756. The summed E-state index contributed by atoms with van der Waals surface area (Å²) in [6, 6.07) is 2.09. The predicted octanol–water partition coefficient (Wildman–Crippen LogP) is 2.40. The highest BCUT2D eigenvalue weighted by Gasteiger charge is 2.53. The molecule has 0 bridgehead atoms. The maximum Gasteiger partial charge on any atom is 0.244 e. The van der Waals surface area contributed by atoms with E-state index in [2.05, 4.69) is 9.88 Å². The molecule has 3 saturated heterocycles. The first-order valence-corrected chi connectivity index (χ1v) is 12.2. The molecule has 1 aliphatic carbocycles. The zero-order valence-corrected chi connectivity index (χ0v) is 18.3. The van der Waals surface area contributed by atoms with Crippen molar-refractivity contribution in [3.05, 3.63) is 17.3 Å². The highest BCUT2D eigenvalue weighted by atomic mass is 35.5. The third-order valence-electron chi connectivity index (χ3n) is 7.48. The van der Waals surface area contributed by atoms with Gasteiger partial charge in [0.2, 0.25) is 15.9 Å². The van der Waals surface area contributed by atoms with Crippen LogP contribution in [0, 0.1) is 10.8 Å². The van der Waals surface area contributed by atoms with E-state index in [4.69, 9.17) is 21.1 Å². The van der Waals surface area contributed by atoms with E-state index in [0.717, 1.165) is 26.1 Å². The van der Waals surface area contributed by atoms with Gasteiger partial charge in [0.25, 0.3) is 0 Å². The summed E-state index contributed by atoms with van der Waals surface area (Å²) in [4.78, 5) is 6.79. The number of methoxy groups -OCH3 is 1. The number of hydrogen-bond acceptors (Lipinski definition) is 6. The number of ether oxygens (including phenoxy) is 2. The fourth-order valence-corrected chi connectivity index (χ4v) is 7.36. The minimum absolute atomic E-state index is 0.136. The van der Waals surface area contributed by atoms with Gasteiger partial charge < -0.3 is 9.47 Å². The van der Waals surface area contributed by atoms with Crippen LogP contribution in [0.4, 0.5) is 0 Å². The standard InChI is InChI=1S/C20H28ClN3O4S/c1-27-18-17(21)8-16(10-22-18)29(25,26)24-6-4-19(5-7-24)3-2-15(9-19)23-11-20(12-23)13-28-14-20/h8,10,15H,2-7,9,11-14H2,1H3. The number of rotatable bonds is 4. The van der Waals surface area contributed by atoms with Crippen molar-refractivity contribution in [1.82, 2.24) is 14.2 Å². The van der Waals surface area contributed by atoms with E-state index < -0.39 is 10.0 Å². The molecule has 0 radical (unpaired) electrons. The fraction of sp³-hybridized carbons (Fsp3) is 0.750. The van der Waals surface area contributed by atoms with Gasteiger partial charge in [0.1, 0.15) is 9.92 Å². The molecule has 0 aromatic carbocycles. The predicted molar refractivity (Wildman–Crippen MR) is 109 cm³/mol. The SMILES string of the molecule is COc1ncc(S(=O)(=O)N2CCC3(CCC(N4CC5(COC5)C4)C3)CC2)cc1Cl. The maximum absolute atomic E-state index is 13.0. The molecule has 0 N–H and O–H groups in total. The smallest absolute Gasteiger partial charge is 0.244 e. The van der Waals surface area contributed by atoms with E-state index in [-0.39, 0.29) is 15.8 Å². The fourth-order valence-electron chi connectivity index (χ4n) is 5.64. The van der Waals surface area contributed by atoms with Crippen molar-refractivity contribution < 1.29 is 17.9 Å². The molecular formula is C20H28ClN3O4S. The number of halogens is 1. The summed E-state index contributed by atoms with van der Waals surface area (Å²) in [6.45, 7) is 5.35. The summed E-state index contributed by atoms with van der Waals surface area (Å²) in [7, 11) is -2.12. The van der Waals surface area contributed by atoms with Gasteiger partial charge in [-0.15, -0.1) is 0 Å². The van der Waals surface area contributed by atoms with Crippen molar-refractivity contribution in [1.29, 1.82) is 0 Å². The summed E-state index contributed by atoms with van der Waals surface area (Å²) in [6.07, 6.45) is 6.85. The average molecular weight is 442 g/mol. The van der Waals surface area contributed by atoms with Gasteiger partial charge in [-0.3, -0.25) is 4.90 Å². The molecule has 1 aromatic rings. The first-order valence-electron chi connectivity index (χ1n) is 10.4. The van der Waals surface area contributed by atoms with Crippen molar-refractivity contribution in [2.24, 2.45) is 10.8 Å². The van der Waals surface area contributed by atoms with Crippen LogP contribution in [0.1, 0.15) is 32.1 Å². The number of piperidine rings is 1. The molecule has 5 rings (SSSR count). The highest BCUT2D eigenvalue weighted by Crippen LogP contribution is 2.51. The molecule has 4 heterocycles. The molecule has 1 aromatic heterocycles. The lowest BCUT2D eigenvalue weighted by Crippen LogP contribution is -2.67. The Balaban J connectivity index is 1.21. The Morgan fingerprint density at radius 1 is 1.21 bits per heavy atom. The number of sulfonamides is 1. The maximum atomic E-state index is 13.0. The zero-order chi connectivity index (χ0) is 20.3. The van der Waals surface area contributed by atoms with Crippen molar-refractivity contribution >= 4 is 21.6 Å². The lowest BCUT2D eigenvalue weighted by molar-refractivity contribution is -0.198. The quantitative estimate of drug-likeness (QED) is 0.714. The van der Waals surface area contributed by atoms with Crippen LogP contribution < -0.4 is 4.74 Å². The number of likely N-dealkylation sites (tertiary alicyclic amines) is 1. The molecule has 2 spiro atoms. The van der Waals surface area contributed by atoms with E-state index in [1.807, 2.05) is 0 Å². The van der Waals surface area contributed by atoms with Gasteiger partial charge in [-0.1, -0.05) is 11.6 Å². The van der Waals surface area contributed by atoms with Crippen LogP contribution in [0.5, 0.6) is 5.88 Å². The Labute approximate surface area is 177 Å². The Hall–Kier alpha value is -0.930. The van der Waals surface area contributed by atoms with Gasteiger partial charge in [0, 0.05) is 37.6 Å². The second-order valence-electron chi connectivity index (χ2n) is 9.36. The first-order chi connectivity index (χ1) is 13.8. The van der Waals surface area contributed by atoms with Gasteiger partial charge in [-0.05, 0) is 43.6 Å². The van der Waals surface area contributed by atoms with Crippen molar-refractivity contribution in [3.8, 4) is 5.88 Å². The second-order valence-corrected chi connectivity index (χ2v) is 11.7. The van der Waals surface area contributed by atoms with E-state index in [1.54, 1.807) is 4.31 Å². The normalized spacial score (nSPS) is 29.0. The first kappa shape index (κ1) is 20.0. The topological polar surface area (TPSA) is 72.0 Å². The van der Waals surface area contributed by atoms with Crippen LogP contribution in [0.25, 0.3) is 0 Å². The molecule has 3 aliphatic heterocycles. The van der Waals surface area contributed by atoms with Crippen LogP contribution in [0.2, 0.25) is 5.02 Å². The van der Waals surface area contributed by atoms with Gasteiger partial charge in [0.05, 0.1) is 26.5 Å². The largest absolute Gasteiger partial charge is 0.480 e. The molecule has 29 heavy (non-hydrogen) atoms. The Morgan fingerprint density at radius 2 is 1.93 bits per heavy atom. The summed E-state index contributed by atoms with van der Waals surface area (Å²) < 4.78 is 38.1. The number of aromatic nitrogens is 1. The van der Waals surface area contributed by atoms with E-state index >= 15 is 0 Å². The van der Waals surface area contributed by atoms with Gasteiger partial charge >= 0.3 is 0 Å². The number of hydrogen-bond donors (Lipinski definition) is 0. The minimum atomic E-state index is -3.58. The molecule has 9 heteroatoms. The average Bonchev–Trinajstić information content (AvgIpc) is 3.03. The molecule has 4 fully saturated rings. The Bertz CT molecular complexity index is 889. The summed E-state index contributed by atoms with van der Waals surface area (Å²) >= 11 is 6.09. The molecule has 1 unspecified atom stereocenters. The van der Waals surface area contributed by atoms with Gasteiger partial charge in [0.15, 0.2) is 0 Å². The van der Waals surface area contributed by atoms with E-state index in [1.165, 1.54) is 51.7 Å². The zero-order valence-electron chi connectivity index (χ0n) is 16.8. The summed E-state index contributed by atoms with van der Waals surface area (Å²) in [5, 5.41) is 0.213. The third-order valence-corrected chi connectivity index (χ3v) is 9.62. The Morgan fingerprint density at radius 3 is 2.52 bits per heavy atom. The molecule has 1 saturated carbocycles. The third kappa shape index (κ3) is 3.37. The Kier molecular flexibility index (Phi) is 4.86. The molecule has 1 atom stereocenters.